The molecule has 3 aliphatic heterocycles. The van der Waals surface area contributed by atoms with Gasteiger partial charge in [-0.15, -0.1) is 5.10 Å². The lowest BCUT2D eigenvalue weighted by atomic mass is 10.00. The van der Waals surface area contributed by atoms with Crippen LogP contribution in [-0.4, -0.2) is 67.6 Å². The quantitative estimate of drug-likeness (QED) is 0.604. The number of piperidine rings is 2. The molecular formula is C22H25N7O4. The molecule has 2 atom stereocenters. The largest absolute Gasteiger partial charge is 0.325 e. The molecule has 2 saturated heterocycles. The molecule has 5 rings (SSSR count). The Morgan fingerprint density at radius 1 is 1.12 bits per heavy atom. The molecule has 33 heavy (non-hydrogen) atoms. The molecule has 4 amide bonds. The summed E-state index contributed by atoms with van der Waals surface area (Å²) in [6.45, 7) is 2.43. The lowest BCUT2D eigenvalue weighted by Gasteiger charge is -2.33. The lowest BCUT2D eigenvalue weighted by molar-refractivity contribution is -0.136. The molecule has 0 radical (unpaired) electrons. The molecule has 2 aromatic rings. The van der Waals surface area contributed by atoms with Crippen molar-refractivity contribution in [2.45, 2.75) is 50.9 Å². The number of benzene rings is 1. The van der Waals surface area contributed by atoms with Crippen LogP contribution in [0.2, 0.25) is 0 Å². The molecule has 0 bridgehead atoms. The summed E-state index contributed by atoms with van der Waals surface area (Å²) in [6.07, 6.45) is 4.04. The zero-order valence-corrected chi connectivity index (χ0v) is 18.1. The van der Waals surface area contributed by atoms with Gasteiger partial charge in [0.25, 0.3) is 11.8 Å². The number of hydrogen-bond acceptors (Lipinski definition) is 8. The Hall–Kier alpha value is -3.44. The monoisotopic (exact) mass is 451 g/mol. The summed E-state index contributed by atoms with van der Waals surface area (Å²) in [4.78, 5) is 53.4. The molecule has 3 N–H and O–H groups in total. The first-order chi connectivity index (χ1) is 16.0. The van der Waals surface area contributed by atoms with Crippen LogP contribution in [0.25, 0.3) is 0 Å². The summed E-state index contributed by atoms with van der Waals surface area (Å²) >= 11 is 0. The Kier molecular flexibility index (Phi) is 5.51. The van der Waals surface area contributed by atoms with Gasteiger partial charge >= 0.3 is 0 Å². The van der Waals surface area contributed by atoms with E-state index in [9.17, 15) is 19.2 Å². The van der Waals surface area contributed by atoms with Gasteiger partial charge < -0.3 is 5.73 Å². The predicted molar refractivity (Wildman–Crippen MR) is 115 cm³/mol. The molecule has 1 aromatic heterocycles. The van der Waals surface area contributed by atoms with Crippen LogP contribution in [-0.2, 0) is 22.7 Å². The van der Waals surface area contributed by atoms with Crippen molar-refractivity contribution in [3.05, 3.63) is 46.8 Å². The molecule has 4 heterocycles. The van der Waals surface area contributed by atoms with Gasteiger partial charge in [0, 0.05) is 26.1 Å². The summed E-state index contributed by atoms with van der Waals surface area (Å²) in [6, 6.07) is 4.42. The Morgan fingerprint density at radius 2 is 1.97 bits per heavy atom. The van der Waals surface area contributed by atoms with Gasteiger partial charge in [-0.05, 0) is 37.4 Å². The fraction of sp³-hybridized carbons (Fsp3) is 0.455. The number of aromatic nitrogens is 3. The average Bonchev–Trinajstić information content (AvgIpc) is 3.39. The van der Waals surface area contributed by atoms with Crippen molar-refractivity contribution in [1.29, 1.82) is 0 Å². The topological polar surface area (TPSA) is 144 Å². The minimum absolute atomic E-state index is 0.0972. The number of rotatable bonds is 5. The van der Waals surface area contributed by atoms with Gasteiger partial charge in [0.1, 0.15) is 6.04 Å². The molecule has 1 aromatic carbocycles. The molecule has 0 aliphatic carbocycles. The van der Waals surface area contributed by atoms with Crippen LogP contribution in [0.3, 0.4) is 0 Å². The smallest absolute Gasteiger partial charge is 0.262 e. The third-order valence-corrected chi connectivity index (χ3v) is 6.57. The number of nitrogens with zero attached hydrogens (tertiary/aromatic N) is 5. The number of carbonyl (C=O) groups excluding carboxylic acids is 4. The van der Waals surface area contributed by atoms with E-state index in [1.807, 2.05) is 16.9 Å². The Morgan fingerprint density at radius 3 is 2.73 bits per heavy atom. The van der Waals surface area contributed by atoms with Crippen LogP contribution < -0.4 is 11.1 Å². The van der Waals surface area contributed by atoms with E-state index in [1.54, 1.807) is 12.1 Å². The first-order valence-corrected chi connectivity index (χ1v) is 11.1. The fourth-order valence-corrected chi connectivity index (χ4v) is 4.93. The lowest BCUT2D eigenvalue weighted by Crippen LogP contribution is -2.54. The van der Waals surface area contributed by atoms with Gasteiger partial charge in [-0.2, -0.15) is 0 Å². The molecule has 11 heteroatoms. The van der Waals surface area contributed by atoms with Crippen molar-refractivity contribution in [2.24, 2.45) is 5.73 Å². The number of nitrogens with one attached hydrogen (secondary N) is 1. The van der Waals surface area contributed by atoms with E-state index < -0.39 is 23.8 Å². The number of nitrogens with two attached hydrogens (primary N) is 1. The Balaban J connectivity index is 1.36. The highest BCUT2D eigenvalue weighted by Gasteiger charge is 2.45. The summed E-state index contributed by atoms with van der Waals surface area (Å²) in [5.41, 5.74) is 7.79. The highest BCUT2D eigenvalue weighted by Crippen LogP contribution is 2.31. The third kappa shape index (κ3) is 3.83. The van der Waals surface area contributed by atoms with E-state index in [4.69, 9.17) is 5.73 Å². The molecule has 11 nitrogen and oxygen atoms in total. The van der Waals surface area contributed by atoms with E-state index in [0.717, 1.165) is 42.1 Å². The van der Waals surface area contributed by atoms with E-state index in [2.05, 4.69) is 20.5 Å². The van der Waals surface area contributed by atoms with Gasteiger partial charge in [-0.1, -0.05) is 17.3 Å². The second-order valence-corrected chi connectivity index (χ2v) is 8.71. The van der Waals surface area contributed by atoms with Gasteiger partial charge in [-0.25, -0.2) is 4.68 Å². The van der Waals surface area contributed by atoms with Gasteiger partial charge in [0.2, 0.25) is 11.8 Å². The average molecular weight is 451 g/mol. The van der Waals surface area contributed by atoms with E-state index in [1.165, 1.54) is 0 Å². The van der Waals surface area contributed by atoms with Crippen LogP contribution in [0, 0.1) is 0 Å². The summed E-state index contributed by atoms with van der Waals surface area (Å²) < 4.78 is 1.85. The number of likely N-dealkylation sites (tertiary alicyclic amines) is 1. The third-order valence-electron chi connectivity index (χ3n) is 6.57. The van der Waals surface area contributed by atoms with Gasteiger partial charge in [0.15, 0.2) is 0 Å². The highest BCUT2D eigenvalue weighted by atomic mass is 16.2. The minimum Gasteiger partial charge on any atom is -0.325 e. The maximum atomic E-state index is 13.3. The SMILES string of the molecule is NCc1cn(C2CCCN(Cc3cccc4c3C(=O)N(C3CCC(=O)NC3=O)C4=O)C2)nn1. The van der Waals surface area contributed by atoms with Crippen molar-refractivity contribution in [3.63, 3.8) is 0 Å². The van der Waals surface area contributed by atoms with Crippen molar-refractivity contribution in [2.75, 3.05) is 13.1 Å². The molecule has 0 spiro atoms. The molecule has 2 unspecified atom stereocenters. The number of imide groups is 2. The van der Waals surface area contributed by atoms with Crippen molar-refractivity contribution >= 4 is 23.6 Å². The highest BCUT2D eigenvalue weighted by molar-refractivity contribution is 6.24. The van der Waals surface area contributed by atoms with Crippen LogP contribution in [0.4, 0.5) is 0 Å². The minimum atomic E-state index is -0.966. The van der Waals surface area contributed by atoms with Crippen molar-refractivity contribution < 1.29 is 19.2 Å². The van der Waals surface area contributed by atoms with E-state index in [0.29, 0.717) is 24.2 Å². The van der Waals surface area contributed by atoms with Crippen LogP contribution in [0.15, 0.2) is 24.4 Å². The van der Waals surface area contributed by atoms with Gasteiger partial charge in [0.05, 0.1) is 29.1 Å². The standard InChI is InChI=1S/C22H25N7O4/c23-9-14-11-28(26-25-14)15-4-2-8-27(12-15)10-13-3-1-5-16-19(13)22(33)29(21(16)32)17-6-7-18(30)24-20(17)31/h1,3,5,11,15,17H,2,4,6-10,12,23H2,(H,24,30,31). The second kappa shape index (κ2) is 8.49. The zero-order chi connectivity index (χ0) is 23.1. The Bertz CT molecular complexity index is 1140. The molecule has 0 saturated carbocycles. The number of hydrogen-bond donors (Lipinski definition) is 2. The number of amides is 4. The maximum absolute atomic E-state index is 13.3. The maximum Gasteiger partial charge on any atom is 0.262 e. The Labute approximate surface area is 189 Å². The normalized spacial score (nSPS) is 23.7. The number of carbonyl (C=O) groups is 4. The first-order valence-electron chi connectivity index (χ1n) is 11.1. The fourth-order valence-electron chi connectivity index (χ4n) is 4.93. The first kappa shape index (κ1) is 21.4. The number of fused-ring (bicyclic) bond motifs is 1. The summed E-state index contributed by atoms with van der Waals surface area (Å²) in [5.74, 6) is -1.96. The van der Waals surface area contributed by atoms with Crippen LogP contribution >= 0.6 is 0 Å². The molecular weight excluding hydrogens is 426 g/mol. The van der Waals surface area contributed by atoms with E-state index in [-0.39, 0.29) is 24.8 Å². The van der Waals surface area contributed by atoms with E-state index >= 15 is 0 Å². The summed E-state index contributed by atoms with van der Waals surface area (Å²) in [7, 11) is 0. The molecule has 2 fully saturated rings. The zero-order valence-electron chi connectivity index (χ0n) is 18.1. The van der Waals surface area contributed by atoms with Crippen molar-refractivity contribution in [1.82, 2.24) is 30.1 Å². The second-order valence-electron chi connectivity index (χ2n) is 8.71. The van der Waals surface area contributed by atoms with Gasteiger partial charge in [-0.3, -0.25) is 34.3 Å². The molecule has 172 valence electrons. The summed E-state index contributed by atoms with van der Waals surface area (Å²) in [5, 5.41) is 10.5. The van der Waals surface area contributed by atoms with Crippen LogP contribution in [0.5, 0.6) is 0 Å². The van der Waals surface area contributed by atoms with Crippen LogP contribution in [0.1, 0.15) is 63.7 Å². The molecule has 3 aliphatic rings. The van der Waals surface area contributed by atoms with Crippen molar-refractivity contribution in [3.8, 4) is 0 Å². The predicted octanol–water partition coefficient (Wildman–Crippen LogP) is -0.0249.